The van der Waals surface area contributed by atoms with Crippen LogP contribution in [0.25, 0.3) is 0 Å². The summed E-state index contributed by atoms with van der Waals surface area (Å²) in [4.78, 5) is 10.2. The lowest BCUT2D eigenvalue weighted by Gasteiger charge is -2.11. The number of hydrogen-bond donors (Lipinski definition) is 1. The summed E-state index contributed by atoms with van der Waals surface area (Å²) < 4.78 is 0. The SMILES string of the molecule is [CH2]C(N)C(C=O)CCC. The Hall–Kier alpha value is -0.370. The van der Waals surface area contributed by atoms with Gasteiger partial charge in [-0.1, -0.05) is 13.3 Å². The van der Waals surface area contributed by atoms with E-state index in [0.717, 1.165) is 19.1 Å². The third-order valence-corrected chi connectivity index (χ3v) is 1.35. The van der Waals surface area contributed by atoms with Crippen molar-refractivity contribution in [3.8, 4) is 0 Å². The third kappa shape index (κ3) is 3.25. The van der Waals surface area contributed by atoms with E-state index in [-0.39, 0.29) is 12.0 Å². The second kappa shape index (κ2) is 4.50. The molecule has 0 aromatic heterocycles. The van der Waals surface area contributed by atoms with Crippen LogP contribution < -0.4 is 5.73 Å². The average molecular weight is 128 g/mol. The van der Waals surface area contributed by atoms with Crippen LogP contribution in [0.3, 0.4) is 0 Å². The smallest absolute Gasteiger partial charge is 0.124 e. The summed E-state index contributed by atoms with van der Waals surface area (Å²) in [6, 6.07) is -0.234. The molecule has 0 amide bonds. The minimum Gasteiger partial charge on any atom is -0.327 e. The van der Waals surface area contributed by atoms with Gasteiger partial charge < -0.3 is 10.5 Å². The monoisotopic (exact) mass is 128 g/mol. The van der Waals surface area contributed by atoms with Gasteiger partial charge >= 0.3 is 0 Å². The first-order valence-corrected chi connectivity index (χ1v) is 3.26. The van der Waals surface area contributed by atoms with Gasteiger partial charge in [-0.2, -0.15) is 0 Å². The van der Waals surface area contributed by atoms with Crippen LogP contribution in [-0.2, 0) is 4.79 Å². The zero-order chi connectivity index (χ0) is 7.28. The Morgan fingerprint density at radius 2 is 2.33 bits per heavy atom. The first-order valence-electron chi connectivity index (χ1n) is 3.26. The second-order valence-corrected chi connectivity index (χ2v) is 2.25. The van der Waals surface area contributed by atoms with Crippen molar-refractivity contribution in [2.24, 2.45) is 11.7 Å². The maximum atomic E-state index is 10.2. The highest BCUT2D eigenvalue weighted by Gasteiger charge is 2.09. The lowest BCUT2D eigenvalue weighted by atomic mass is 9.99. The van der Waals surface area contributed by atoms with Crippen LogP contribution in [0.1, 0.15) is 19.8 Å². The number of aldehydes is 1. The van der Waals surface area contributed by atoms with Crippen molar-refractivity contribution in [3.63, 3.8) is 0 Å². The van der Waals surface area contributed by atoms with Crippen LogP contribution in [0.15, 0.2) is 0 Å². The molecule has 0 fully saturated rings. The molecule has 0 aromatic carbocycles. The predicted octanol–water partition coefficient (Wildman–Crippen LogP) is 0.763. The molecule has 2 atom stereocenters. The first kappa shape index (κ1) is 8.63. The number of nitrogens with two attached hydrogens (primary N) is 1. The maximum Gasteiger partial charge on any atom is 0.124 e. The quantitative estimate of drug-likeness (QED) is 0.568. The molecule has 2 heteroatoms. The lowest BCUT2D eigenvalue weighted by Crippen LogP contribution is -2.27. The molecule has 0 rings (SSSR count). The zero-order valence-electron chi connectivity index (χ0n) is 5.84. The largest absolute Gasteiger partial charge is 0.327 e. The molecule has 0 saturated carbocycles. The standard InChI is InChI=1S/C7H14NO/c1-3-4-7(5-9)6(2)8/h5-7H,2-4,8H2,1H3. The fourth-order valence-electron chi connectivity index (χ4n) is 0.716. The number of rotatable bonds is 4. The zero-order valence-corrected chi connectivity index (χ0v) is 5.84. The summed E-state index contributed by atoms with van der Waals surface area (Å²) in [5, 5.41) is 0. The molecule has 0 bridgehead atoms. The number of hydrogen-bond acceptors (Lipinski definition) is 2. The van der Waals surface area contributed by atoms with Gasteiger partial charge in [-0.05, 0) is 13.3 Å². The molecule has 0 aliphatic heterocycles. The molecule has 0 saturated heterocycles. The lowest BCUT2D eigenvalue weighted by molar-refractivity contribution is -0.111. The molecule has 53 valence electrons. The average Bonchev–Trinajstić information content (AvgIpc) is 1.82. The van der Waals surface area contributed by atoms with Crippen LogP contribution in [0.5, 0.6) is 0 Å². The van der Waals surface area contributed by atoms with Crippen LogP contribution >= 0.6 is 0 Å². The molecular weight excluding hydrogens is 114 g/mol. The van der Waals surface area contributed by atoms with E-state index in [2.05, 4.69) is 6.92 Å². The maximum absolute atomic E-state index is 10.2. The highest BCUT2D eigenvalue weighted by atomic mass is 16.1. The van der Waals surface area contributed by atoms with Crippen molar-refractivity contribution in [3.05, 3.63) is 6.92 Å². The van der Waals surface area contributed by atoms with Gasteiger partial charge in [-0.3, -0.25) is 0 Å². The van der Waals surface area contributed by atoms with E-state index < -0.39 is 0 Å². The number of carbonyl (C=O) groups is 1. The van der Waals surface area contributed by atoms with Gasteiger partial charge in [0.25, 0.3) is 0 Å². The Morgan fingerprint density at radius 3 is 2.44 bits per heavy atom. The fraction of sp³-hybridized carbons (Fsp3) is 0.714. The Morgan fingerprint density at radius 1 is 1.78 bits per heavy atom. The second-order valence-electron chi connectivity index (χ2n) is 2.25. The summed E-state index contributed by atoms with van der Waals surface area (Å²) >= 11 is 0. The van der Waals surface area contributed by atoms with Gasteiger partial charge in [0.15, 0.2) is 0 Å². The Labute approximate surface area is 56.4 Å². The Balaban J connectivity index is 3.54. The van der Waals surface area contributed by atoms with Crippen molar-refractivity contribution in [2.75, 3.05) is 0 Å². The summed E-state index contributed by atoms with van der Waals surface area (Å²) in [7, 11) is 0. The summed E-state index contributed by atoms with van der Waals surface area (Å²) in [6.07, 6.45) is 2.74. The summed E-state index contributed by atoms with van der Waals surface area (Å²) in [5.74, 6) is -0.0463. The van der Waals surface area contributed by atoms with E-state index >= 15 is 0 Å². The van der Waals surface area contributed by atoms with Gasteiger partial charge in [-0.25, -0.2) is 0 Å². The van der Waals surface area contributed by atoms with Crippen molar-refractivity contribution in [1.82, 2.24) is 0 Å². The first-order chi connectivity index (χ1) is 4.22. The molecule has 0 aromatic rings. The molecular formula is C7H14NO. The molecule has 0 spiro atoms. The summed E-state index contributed by atoms with van der Waals surface area (Å²) in [5.41, 5.74) is 5.39. The molecule has 1 radical (unpaired) electrons. The molecule has 0 aliphatic rings. The highest BCUT2D eigenvalue weighted by Crippen LogP contribution is 2.05. The summed E-state index contributed by atoms with van der Waals surface area (Å²) in [6.45, 7) is 5.60. The van der Waals surface area contributed by atoms with E-state index in [9.17, 15) is 4.79 Å². The molecule has 2 unspecified atom stereocenters. The molecule has 2 nitrogen and oxygen atoms in total. The van der Waals surface area contributed by atoms with E-state index in [1.807, 2.05) is 6.92 Å². The minimum absolute atomic E-state index is 0.0463. The molecule has 9 heavy (non-hydrogen) atoms. The third-order valence-electron chi connectivity index (χ3n) is 1.35. The minimum atomic E-state index is -0.234. The fourth-order valence-corrected chi connectivity index (χ4v) is 0.716. The molecule has 0 aliphatic carbocycles. The molecule has 2 N–H and O–H groups in total. The number of carbonyl (C=O) groups excluding carboxylic acids is 1. The van der Waals surface area contributed by atoms with Crippen molar-refractivity contribution in [2.45, 2.75) is 25.8 Å². The van der Waals surface area contributed by atoms with Crippen molar-refractivity contribution in [1.29, 1.82) is 0 Å². The van der Waals surface area contributed by atoms with E-state index in [0.29, 0.717) is 0 Å². The van der Waals surface area contributed by atoms with Crippen molar-refractivity contribution >= 4 is 6.29 Å². The Kier molecular flexibility index (Phi) is 4.32. The van der Waals surface area contributed by atoms with Gasteiger partial charge in [0.05, 0.1) is 0 Å². The van der Waals surface area contributed by atoms with Crippen LogP contribution in [0.2, 0.25) is 0 Å². The van der Waals surface area contributed by atoms with E-state index in [1.54, 1.807) is 0 Å². The Bertz CT molecular complexity index is 81.0. The van der Waals surface area contributed by atoms with E-state index in [4.69, 9.17) is 5.73 Å². The van der Waals surface area contributed by atoms with E-state index in [1.165, 1.54) is 0 Å². The van der Waals surface area contributed by atoms with Crippen LogP contribution in [-0.4, -0.2) is 12.3 Å². The normalized spacial score (nSPS) is 16.8. The topological polar surface area (TPSA) is 43.1 Å². The van der Waals surface area contributed by atoms with Gasteiger partial charge in [0.1, 0.15) is 6.29 Å². The van der Waals surface area contributed by atoms with Gasteiger partial charge in [0.2, 0.25) is 0 Å². The van der Waals surface area contributed by atoms with Gasteiger partial charge in [-0.15, -0.1) is 0 Å². The molecule has 0 heterocycles. The van der Waals surface area contributed by atoms with Crippen LogP contribution in [0.4, 0.5) is 0 Å². The van der Waals surface area contributed by atoms with Crippen LogP contribution in [0, 0.1) is 12.8 Å². The highest BCUT2D eigenvalue weighted by molar-refractivity contribution is 5.54. The van der Waals surface area contributed by atoms with Gasteiger partial charge in [0, 0.05) is 12.0 Å². The predicted molar refractivity (Wildman–Crippen MR) is 37.8 cm³/mol. The van der Waals surface area contributed by atoms with Crippen molar-refractivity contribution < 1.29 is 4.79 Å².